The van der Waals surface area contributed by atoms with Crippen molar-refractivity contribution in [2.24, 2.45) is 0 Å². The Morgan fingerprint density at radius 1 is 1.29 bits per heavy atom. The van der Waals surface area contributed by atoms with Crippen LogP contribution in [-0.2, 0) is 9.53 Å². The van der Waals surface area contributed by atoms with Crippen molar-refractivity contribution >= 4 is 11.9 Å². The molecular formula is C12H15NO4. The van der Waals surface area contributed by atoms with Gasteiger partial charge in [-0.15, -0.1) is 0 Å². The number of para-hydroxylation sites is 1. The predicted octanol–water partition coefficient (Wildman–Crippen LogP) is 0.988. The highest BCUT2D eigenvalue weighted by Crippen LogP contribution is 2.17. The highest BCUT2D eigenvalue weighted by atomic mass is 16.5. The van der Waals surface area contributed by atoms with Crippen molar-refractivity contribution in [2.75, 3.05) is 20.3 Å². The Morgan fingerprint density at radius 3 is 2.65 bits per heavy atom. The Bertz CT molecular complexity index is 403. The SMILES string of the molecule is COCCNC(=O)c1ccccc1OC(C)=O. The van der Waals surface area contributed by atoms with E-state index < -0.39 is 5.97 Å². The number of rotatable bonds is 5. The molecule has 0 spiro atoms. The number of carbonyl (C=O) groups is 2. The lowest BCUT2D eigenvalue weighted by Gasteiger charge is -2.08. The van der Waals surface area contributed by atoms with E-state index in [1.807, 2.05) is 0 Å². The van der Waals surface area contributed by atoms with E-state index in [0.717, 1.165) is 0 Å². The normalized spacial score (nSPS) is 9.76. The summed E-state index contributed by atoms with van der Waals surface area (Å²) in [5.41, 5.74) is 0.332. The molecule has 1 N–H and O–H groups in total. The second-order valence-corrected chi connectivity index (χ2v) is 3.34. The van der Waals surface area contributed by atoms with E-state index in [0.29, 0.717) is 18.7 Å². The van der Waals surface area contributed by atoms with Crippen LogP contribution in [0.1, 0.15) is 17.3 Å². The van der Waals surface area contributed by atoms with E-state index >= 15 is 0 Å². The molecule has 5 heteroatoms. The number of hydrogen-bond acceptors (Lipinski definition) is 4. The average Bonchev–Trinajstić information content (AvgIpc) is 2.29. The van der Waals surface area contributed by atoms with E-state index in [2.05, 4.69) is 5.32 Å². The lowest BCUT2D eigenvalue weighted by molar-refractivity contribution is -0.131. The summed E-state index contributed by atoms with van der Waals surface area (Å²) in [5, 5.41) is 2.66. The van der Waals surface area contributed by atoms with Crippen LogP contribution < -0.4 is 10.1 Å². The van der Waals surface area contributed by atoms with Gasteiger partial charge in [0.1, 0.15) is 5.75 Å². The largest absolute Gasteiger partial charge is 0.426 e. The van der Waals surface area contributed by atoms with Gasteiger partial charge in [-0.2, -0.15) is 0 Å². The zero-order chi connectivity index (χ0) is 12.7. The fraction of sp³-hybridized carbons (Fsp3) is 0.333. The third kappa shape index (κ3) is 4.24. The lowest BCUT2D eigenvalue weighted by atomic mass is 10.2. The maximum absolute atomic E-state index is 11.8. The number of methoxy groups -OCH3 is 1. The minimum Gasteiger partial charge on any atom is -0.426 e. The molecule has 0 radical (unpaired) electrons. The number of ether oxygens (including phenoxy) is 2. The van der Waals surface area contributed by atoms with Gasteiger partial charge in [0.15, 0.2) is 0 Å². The van der Waals surface area contributed by atoms with E-state index in [4.69, 9.17) is 9.47 Å². The summed E-state index contributed by atoms with van der Waals surface area (Å²) in [6.45, 7) is 2.13. The number of benzene rings is 1. The summed E-state index contributed by atoms with van der Waals surface area (Å²) >= 11 is 0. The minimum absolute atomic E-state index is 0.259. The Balaban J connectivity index is 2.74. The van der Waals surface area contributed by atoms with Gasteiger partial charge in [-0.05, 0) is 12.1 Å². The molecule has 0 bridgehead atoms. The van der Waals surface area contributed by atoms with Gasteiger partial charge >= 0.3 is 5.97 Å². The summed E-state index contributed by atoms with van der Waals surface area (Å²) in [7, 11) is 1.55. The number of hydrogen-bond donors (Lipinski definition) is 1. The molecule has 0 aliphatic carbocycles. The van der Waals surface area contributed by atoms with Crippen LogP contribution in [0.25, 0.3) is 0 Å². The zero-order valence-electron chi connectivity index (χ0n) is 9.86. The molecule has 1 rings (SSSR count). The van der Waals surface area contributed by atoms with E-state index in [1.165, 1.54) is 6.92 Å². The monoisotopic (exact) mass is 237 g/mol. The Labute approximate surface area is 99.7 Å². The molecule has 5 nitrogen and oxygen atoms in total. The van der Waals surface area contributed by atoms with Crippen LogP contribution in [0, 0.1) is 0 Å². The molecule has 1 amide bonds. The Hall–Kier alpha value is -1.88. The van der Waals surface area contributed by atoms with Crippen LogP contribution in [0.5, 0.6) is 5.75 Å². The van der Waals surface area contributed by atoms with Crippen LogP contribution in [0.15, 0.2) is 24.3 Å². The first kappa shape index (κ1) is 13.2. The minimum atomic E-state index is -0.456. The molecule has 0 heterocycles. The Morgan fingerprint density at radius 2 is 2.00 bits per heavy atom. The standard InChI is InChI=1S/C12H15NO4/c1-9(14)17-11-6-4-3-5-10(11)12(15)13-7-8-16-2/h3-6H,7-8H2,1-2H3,(H,13,15). The van der Waals surface area contributed by atoms with Gasteiger partial charge in [0.25, 0.3) is 5.91 Å². The Kier molecular flexibility index (Phi) is 5.16. The predicted molar refractivity (Wildman–Crippen MR) is 62.0 cm³/mol. The molecule has 0 saturated carbocycles. The second kappa shape index (κ2) is 6.65. The van der Waals surface area contributed by atoms with E-state index in [9.17, 15) is 9.59 Å². The first-order chi connectivity index (χ1) is 8.15. The topological polar surface area (TPSA) is 64.6 Å². The number of amides is 1. The van der Waals surface area contributed by atoms with Gasteiger partial charge in [-0.25, -0.2) is 0 Å². The lowest BCUT2D eigenvalue weighted by Crippen LogP contribution is -2.27. The van der Waals surface area contributed by atoms with Crippen molar-refractivity contribution in [3.8, 4) is 5.75 Å². The molecule has 0 aliphatic heterocycles. The van der Waals surface area contributed by atoms with Crippen molar-refractivity contribution in [1.82, 2.24) is 5.32 Å². The van der Waals surface area contributed by atoms with Crippen LogP contribution in [0.2, 0.25) is 0 Å². The first-order valence-corrected chi connectivity index (χ1v) is 5.19. The van der Waals surface area contributed by atoms with Gasteiger partial charge in [-0.1, -0.05) is 12.1 Å². The van der Waals surface area contributed by atoms with Crippen LogP contribution in [0.4, 0.5) is 0 Å². The van der Waals surface area contributed by atoms with Gasteiger partial charge in [0.05, 0.1) is 12.2 Å². The van der Waals surface area contributed by atoms with Crippen LogP contribution in [0.3, 0.4) is 0 Å². The quantitative estimate of drug-likeness (QED) is 0.471. The molecule has 1 aromatic carbocycles. The van der Waals surface area contributed by atoms with Crippen LogP contribution in [-0.4, -0.2) is 32.1 Å². The molecule has 92 valence electrons. The summed E-state index contributed by atoms with van der Waals surface area (Å²) in [5.74, 6) is -0.490. The second-order valence-electron chi connectivity index (χ2n) is 3.34. The maximum Gasteiger partial charge on any atom is 0.308 e. The summed E-state index contributed by atoms with van der Waals surface area (Å²) in [6.07, 6.45) is 0. The molecule has 17 heavy (non-hydrogen) atoms. The molecule has 0 aromatic heterocycles. The smallest absolute Gasteiger partial charge is 0.308 e. The van der Waals surface area contributed by atoms with E-state index in [1.54, 1.807) is 31.4 Å². The number of carbonyl (C=O) groups excluding carboxylic acids is 2. The first-order valence-electron chi connectivity index (χ1n) is 5.19. The van der Waals surface area contributed by atoms with Crippen molar-refractivity contribution in [3.05, 3.63) is 29.8 Å². The fourth-order valence-electron chi connectivity index (χ4n) is 1.26. The zero-order valence-corrected chi connectivity index (χ0v) is 9.86. The molecule has 1 aromatic rings. The number of esters is 1. The maximum atomic E-state index is 11.8. The molecule has 0 unspecified atom stereocenters. The molecule has 0 fully saturated rings. The van der Waals surface area contributed by atoms with Crippen molar-refractivity contribution in [1.29, 1.82) is 0 Å². The third-order valence-electron chi connectivity index (χ3n) is 1.98. The fourth-order valence-corrected chi connectivity index (χ4v) is 1.26. The van der Waals surface area contributed by atoms with E-state index in [-0.39, 0.29) is 11.7 Å². The van der Waals surface area contributed by atoms with Gasteiger partial charge in [0.2, 0.25) is 0 Å². The van der Waals surface area contributed by atoms with Gasteiger partial charge < -0.3 is 14.8 Å². The number of nitrogens with one attached hydrogen (secondary N) is 1. The summed E-state index contributed by atoms with van der Waals surface area (Å²) in [6, 6.07) is 6.58. The van der Waals surface area contributed by atoms with Crippen molar-refractivity contribution in [2.45, 2.75) is 6.92 Å². The summed E-state index contributed by atoms with van der Waals surface area (Å²) in [4.78, 5) is 22.6. The summed E-state index contributed by atoms with van der Waals surface area (Å²) < 4.78 is 9.76. The average molecular weight is 237 g/mol. The highest BCUT2D eigenvalue weighted by Gasteiger charge is 2.12. The van der Waals surface area contributed by atoms with Crippen LogP contribution >= 0.6 is 0 Å². The van der Waals surface area contributed by atoms with Gasteiger partial charge in [-0.3, -0.25) is 9.59 Å². The van der Waals surface area contributed by atoms with Gasteiger partial charge in [0, 0.05) is 20.6 Å². The highest BCUT2D eigenvalue weighted by molar-refractivity contribution is 5.97. The third-order valence-corrected chi connectivity index (χ3v) is 1.98. The molecule has 0 saturated heterocycles. The molecule has 0 atom stereocenters. The molecular weight excluding hydrogens is 222 g/mol. The van der Waals surface area contributed by atoms with Crippen molar-refractivity contribution in [3.63, 3.8) is 0 Å². The van der Waals surface area contributed by atoms with Crippen molar-refractivity contribution < 1.29 is 19.1 Å². The molecule has 0 aliphatic rings.